The van der Waals surface area contributed by atoms with Gasteiger partial charge in [-0.1, -0.05) is 13.0 Å². The molecule has 0 spiro atoms. The van der Waals surface area contributed by atoms with E-state index in [1.807, 2.05) is 6.92 Å². The molecule has 1 saturated heterocycles. The first-order chi connectivity index (χ1) is 18.7. The zero-order valence-corrected chi connectivity index (χ0v) is 23.0. The van der Waals surface area contributed by atoms with E-state index in [4.69, 9.17) is 4.74 Å². The summed E-state index contributed by atoms with van der Waals surface area (Å²) in [5.41, 5.74) is -2.00. The smallest absolute Gasteiger partial charge is 0.419 e. The number of benzene rings is 1. The lowest BCUT2D eigenvalue weighted by molar-refractivity contribution is -0.137. The van der Waals surface area contributed by atoms with Gasteiger partial charge in [0.05, 0.1) is 11.3 Å². The van der Waals surface area contributed by atoms with Crippen molar-refractivity contribution in [1.82, 2.24) is 24.2 Å². The van der Waals surface area contributed by atoms with Crippen LogP contribution in [0.2, 0.25) is 0 Å². The largest absolute Gasteiger partial charge is 0.444 e. The summed E-state index contributed by atoms with van der Waals surface area (Å²) in [7, 11) is 0. The Hall–Kier alpha value is -3.90. The van der Waals surface area contributed by atoms with E-state index in [1.165, 1.54) is 39.1 Å². The molecule has 1 amide bonds. The predicted octanol–water partition coefficient (Wildman–Crippen LogP) is 5.11. The van der Waals surface area contributed by atoms with Crippen LogP contribution in [0.25, 0.3) is 16.8 Å². The molecule has 216 valence electrons. The molecule has 0 aliphatic carbocycles. The van der Waals surface area contributed by atoms with Gasteiger partial charge in [-0.05, 0) is 57.9 Å². The van der Waals surface area contributed by atoms with Gasteiger partial charge in [0, 0.05) is 44.0 Å². The minimum absolute atomic E-state index is 0.0617. The monoisotopic (exact) mass is 564 g/mol. The van der Waals surface area contributed by atoms with Crippen molar-refractivity contribution >= 4 is 11.9 Å². The van der Waals surface area contributed by atoms with Gasteiger partial charge in [0.1, 0.15) is 23.6 Å². The number of aryl methyl sites for hydroxylation is 1. The second kappa shape index (κ2) is 10.9. The molecule has 0 unspecified atom stereocenters. The minimum Gasteiger partial charge on any atom is -0.444 e. The highest BCUT2D eigenvalue weighted by atomic mass is 19.4. The van der Waals surface area contributed by atoms with Gasteiger partial charge in [-0.25, -0.2) is 28.2 Å². The van der Waals surface area contributed by atoms with E-state index in [1.54, 1.807) is 27.7 Å². The number of anilines is 1. The number of nitrogens with zero attached hydrogens (tertiary/aromatic N) is 6. The summed E-state index contributed by atoms with van der Waals surface area (Å²) in [5.74, 6) is -1.06. The Morgan fingerprint density at radius 2 is 1.85 bits per heavy atom. The predicted molar refractivity (Wildman–Crippen MR) is 141 cm³/mol. The summed E-state index contributed by atoms with van der Waals surface area (Å²) in [6, 6.07) is 4.29. The molecule has 1 aromatic carbocycles. The fourth-order valence-corrected chi connectivity index (χ4v) is 4.57. The van der Waals surface area contributed by atoms with Crippen LogP contribution >= 0.6 is 0 Å². The highest BCUT2D eigenvalue weighted by Crippen LogP contribution is 2.39. The Bertz CT molecular complexity index is 1440. The number of hydrogen-bond acceptors (Lipinski definition) is 6. The maximum Gasteiger partial charge on any atom is 0.419 e. The van der Waals surface area contributed by atoms with Gasteiger partial charge >= 0.3 is 18.0 Å². The molecule has 1 aliphatic heterocycles. The lowest BCUT2D eigenvalue weighted by Gasteiger charge is -2.41. The third kappa shape index (κ3) is 6.13. The molecule has 0 N–H and O–H groups in total. The molecule has 2 aromatic heterocycles. The van der Waals surface area contributed by atoms with E-state index in [0.29, 0.717) is 13.0 Å². The van der Waals surface area contributed by atoms with Gasteiger partial charge in [-0.15, -0.1) is 0 Å². The summed E-state index contributed by atoms with van der Waals surface area (Å²) in [4.78, 5) is 32.1. The van der Waals surface area contributed by atoms with Crippen molar-refractivity contribution in [1.29, 1.82) is 0 Å². The van der Waals surface area contributed by atoms with Crippen molar-refractivity contribution in [3.8, 4) is 16.8 Å². The zero-order chi connectivity index (χ0) is 29.4. The van der Waals surface area contributed by atoms with E-state index in [-0.39, 0.29) is 42.3 Å². The Balaban J connectivity index is 1.62. The van der Waals surface area contributed by atoms with Gasteiger partial charge < -0.3 is 14.5 Å². The molecular weight excluding hydrogens is 532 g/mol. The molecule has 3 heterocycles. The lowest BCUT2D eigenvalue weighted by Crippen LogP contribution is -2.55. The topological polar surface area (TPSA) is 85.5 Å². The summed E-state index contributed by atoms with van der Waals surface area (Å²) in [5, 5.41) is 3.96. The number of ether oxygens (including phenoxy) is 1. The van der Waals surface area contributed by atoms with Gasteiger partial charge in [0.2, 0.25) is 0 Å². The highest BCUT2D eigenvalue weighted by Gasteiger charge is 2.39. The number of amides is 1. The summed E-state index contributed by atoms with van der Waals surface area (Å²) in [6.45, 7) is 9.64. The number of rotatable bonds is 5. The molecule has 13 heteroatoms. The van der Waals surface area contributed by atoms with Gasteiger partial charge in [0.25, 0.3) is 0 Å². The number of piperazine rings is 1. The molecule has 1 aliphatic rings. The fourth-order valence-electron chi connectivity index (χ4n) is 4.57. The van der Waals surface area contributed by atoms with E-state index in [2.05, 4.69) is 10.1 Å². The normalized spacial score (nSPS) is 16.4. The third-order valence-corrected chi connectivity index (χ3v) is 6.43. The van der Waals surface area contributed by atoms with Crippen molar-refractivity contribution < 1.29 is 27.1 Å². The number of hydrogen-bond donors (Lipinski definition) is 0. The molecule has 1 fully saturated rings. The fraction of sp³-hybridized carbons (Fsp3) is 0.481. The van der Waals surface area contributed by atoms with Crippen molar-refractivity contribution in [2.75, 3.05) is 24.5 Å². The molecule has 40 heavy (non-hydrogen) atoms. The zero-order valence-electron chi connectivity index (χ0n) is 23.0. The Kier molecular flexibility index (Phi) is 7.95. The second-order valence-corrected chi connectivity index (χ2v) is 10.7. The number of pyridine rings is 1. The number of carbonyl (C=O) groups excluding carboxylic acids is 1. The van der Waals surface area contributed by atoms with Crippen molar-refractivity contribution in [3.63, 3.8) is 0 Å². The Morgan fingerprint density at radius 1 is 1.12 bits per heavy atom. The molecule has 0 radical (unpaired) electrons. The van der Waals surface area contributed by atoms with Gasteiger partial charge in [-0.2, -0.15) is 18.3 Å². The maximum atomic E-state index is 15.1. The minimum atomic E-state index is -4.74. The standard InChI is InChI=1S/C27H32F4N6O3/c1-6-9-37-24(38)36(16-33-37)22-8-7-18(13-21(22)28)19-12-20(27(29,30)31)23(32-14-19)35-11-10-34(15-17(35)2)25(39)40-26(3,4)5/h7-8,12-14,16-17H,6,9-11,15H2,1-5H3/t17-/m0/s1. The quantitative estimate of drug-likeness (QED) is 0.401. The van der Waals surface area contributed by atoms with Crippen molar-refractivity contribution in [2.45, 2.75) is 65.4 Å². The van der Waals surface area contributed by atoms with Crippen LogP contribution < -0.4 is 10.6 Å². The van der Waals surface area contributed by atoms with Crippen LogP contribution in [-0.2, 0) is 17.5 Å². The van der Waals surface area contributed by atoms with Crippen LogP contribution in [0, 0.1) is 5.82 Å². The van der Waals surface area contributed by atoms with Crippen LogP contribution in [0.4, 0.5) is 28.2 Å². The Labute approximate surface area is 229 Å². The van der Waals surface area contributed by atoms with E-state index in [0.717, 1.165) is 16.7 Å². The first-order valence-electron chi connectivity index (χ1n) is 13.0. The van der Waals surface area contributed by atoms with E-state index in [9.17, 15) is 22.8 Å². The maximum absolute atomic E-state index is 15.1. The first kappa shape index (κ1) is 29.1. The van der Waals surface area contributed by atoms with E-state index >= 15 is 4.39 Å². The summed E-state index contributed by atoms with van der Waals surface area (Å²) >= 11 is 0. The first-order valence-corrected chi connectivity index (χ1v) is 13.0. The van der Waals surface area contributed by atoms with Crippen molar-refractivity contribution in [3.05, 3.63) is 58.7 Å². The van der Waals surface area contributed by atoms with Gasteiger partial charge in [-0.3, -0.25) is 0 Å². The second-order valence-electron chi connectivity index (χ2n) is 10.7. The van der Waals surface area contributed by atoms with Crippen LogP contribution in [0.3, 0.4) is 0 Å². The summed E-state index contributed by atoms with van der Waals surface area (Å²) < 4.78 is 65.4. The van der Waals surface area contributed by atoms with Crippen LogP contribution in [0.5, 0.6) is 0 Å². The number of aromatic nitrogens is 4. The SMILES string of the molecule is CCCn1ncn(-c2ccc(-c3cnc(N4CCN(C(=O)OC(C)(C)C)C[C@@H]4C)c(C(F)(F)F)c3)cc2F)c1=O. The molecule has 9 nitrogen and oxygen atoms in total. The van der Waals surface area contributed by atoms with Gasteiger partial charge in [0.15, 0.2) is 0 Å². The molecular formula is C27H32F4N6O3. The highest BCUT2D eigenvalue weighted by molar-refractivity contribution is 5.70. The molecule has 3 aromatic rings. The molecule has 0 bridgehead atoms. The number of carbonyl (C=O) groups is 1. The number of alkyl halides is 3. The summed E-state index contributed by atoms with van der Waals surface area (Å²) in [6.07, 6.45) is -2.13. The molecule has 4 rings (SSSR count). The van der Waals surface area contributed by atoms with Crippen molar-refractivity contribution in [2.24, 2.45) is 0 Å². The number of halogens is 4. The van der Waals surface area contributed by atoms with Crippen LogP contribution in [0.1, 0.15) is 46.6 Å². The third-order valence-electron chi connectivity index (χ3n) is 6.43. The van der Waals surface area contributed by atoms with Crippen LogP contribution in [0.15, 0.2) is 41.6 Å². The van der Waals surface area contributed by atoms with E-state index < -0.39 is 41.0 Å². The molecule has 1 atom stereocenters. The average Bonchev–Trinajstić information content (AvgIpc) is 3.22. The lowest BCUT2D eigenvalue weighted by atomic mass is 10.0. The molecule has 0 saturated carbocycles. The Morgan fingerprint density at radius 3 is 2.45 bits per heavy atom. The average molecular weight is 565 g/mol. The van der Waals surface area contributed by atoms with Crippen LogP contribution in [-0.4, -0.2) is 61.6 Å².